The van der Waals surface area contributed by atoms with Gasteiger partial charge < -0.3 is 10.1 Å². The monoisotopic (exact) mass is 225 g/mol. The third-order valence-electron chi connectivity index (χ3n) is 2.54. The fourth-order valence-electron chi connectivity index (χ4n) is 1.57. The maximum atomic E-state index is 10.9. The quantitative estimate of drug-likeness (QED) is 0.580. The maximum Gasteiger partial charge on any atom is 0.305 e. The first-order valence-corrected chi connectivity index (χ1v) is 5.43. The van der Waals surface area contributed by atoms with E-state index in [-0.39, 0.29) is 12.0 Å². The molecule has 0 spiro atoms. The number of hydrogen-bond donors (Lipinski definition) is 1. The van der Waals surface area contributed by atoms with E-state index in [2.05, 4.69) is 22.1 Å². The summed E-state index contributed by atoms with van der Waals surface area (Å²) in [6, 6.07) is 2.22. The molecule has 0 aliphatic heterocycles. The van der Waals surface area contributed by atoms with Gasteiger partial charge in [0, 0.05) is 25.7 Å². The van der Waals surface area contributed by atoms with Crippen LogP contribution in [0.5, 0.6) is 0 Å². The minimum absolute atomic E-state index is 0.157. The predicted octanol–water partition coefficient (Wildman–Crippen LogP) is 1.02. The fourth-order valence-corrected chi connectivity index (χ4v) is 1.57. The summed E-state index contributed by atoms with van der Waals surface area (Å²) in [4.78, 5) is 10.9. The number of aryl methyl sites for hydroxylation is 1. The molecular formula is C11H19N3O2. The molecule has 0 aromatic carbocycles. The van der Waals surface area contributed by atoms with E-state index in [4.69, 9.17) is 0 Å². The summed E-state index contributed by atoms with van der Waals surface area (Å²) in [5.41, 5.74) is 1.14. The van der Waals surface area contributed by atoms with E-state index < -0.39 is 0 Å². The van der Waals surface area contributed by atoms with Crippen LogP contribution in [-0.2, 0) is 16.6 Å². The zero-order valence-corrected chi connectivity index (χ0v) is 10.1. The lowest BCUT2D eigenvalue weighted by Crippen LogP contribution is -2.22. The van der Waals surface area contributed by atoms with E-state index in [1.807, 2.05) is 17.8 Å². The Morgan fingerprint density at radius 2 is 2.44 bits per heavy atom. The number of hydrogen-bond acceptors (Lipinski definition) is 4. The number of nitrogens with one attached hydrogen (secondary N) is 1. The van der Waals surface area contributed by atoms with Gasteiger partial charge in [-0.05, 0) is 26.0 Å². The molecule has 0 saturated heterocycles. The average Bonchev–Trinajstić information content (AvgIpc) is 2.70. The van der Waals surface area contributed by atoms with Gasteiger partial charge in [-0.2, -0.15) is 5.10 Å². The second-order valence-electron chi connectivity index (χ2n) is 3.74. The standard InChI is InChI=1S/C11H19N3O2/c1-9(10-6-8-13-14(10)2)12-7-4-5-11(15)16-3/h6,8-9,12H,4-5,7H2,1-3H3. The van der Waals surface area contributed by atoms with Crippen molar-refractivity contribution in [1.82, 2.24) is 15.1 Å². The Labute approximate surface area is 95.8 Å². The van der Waals surface area contributed by atoms with Crippen LogP contribution in [0.2, 0.25) is 0 Å². The molecule has 0 aliphatic rings. The van der Waals surface area contributed by atoms with Crippen LogP contribution in [0, 0.1) is 0 Å². The van der Waals surface area contributed by atoms with Gasteiger partial charge in [0.05, 0.1) is 12.8 Å². The summed E-state index contributed by atoms with van der Waals surface area (Å²) in [6.07, 6.45) is 3.03. The van der Waals surface area contributed by atoms with Gasteiger partial charge in [0.1, 0.15) is 0 Å². The normalized spacial score (nSPS) is 12.4. The molecule has 1 atom stereocenters. The molecule has 1 aromatic rings. The van der Waals surface area contributed by atoms with Crippen LogP contribution in [0.15, 0.2) is 12.3 Å². The van der Waals surface area contributed by atoms with Crippen molar-refractivity contribution in [3.8, 4) is 0 Å². The first-order valence-electron chi connectivity index (χ1n) is 5.43. The fraction of sp³-hybridized carbons (Fsp3) is 0.636. The lowest BCUT2D eigenvalue weighted by Gasteiger charge is -2.13. The molecule has 90 valence electrons. The zero-order valence-electron chi connectivity index (χ0n) is 10.1. The molecule has 1 N–H and O–H groups in total. The van der Waals surface area contributed by atoms with E-state index in [1.54, 1.807) is 6.20 Å². The molecule has 1 unspecified atom stereocenters. The Hall–Kier alpha value is -1.36. The van der Waals surface area contributed by atoms with Crippen molar-refractivity contribution in [3.05, 3.63) is 18.0 Å². The molecule has 0 bridgehead atoms. The van der Waals surface area contributed by atoms with Crippen molar-refractivity contribution in [1.29, 1.82) is 0 Å². The first kappa shape index (κ1) is 12.7. The highest BCUT2D eigenvalue weighted by atomic mass is 16.5. The smallest absolute Gasteiger partial charge is 0.305 e. The summed E-state index contributed by atoms with van der Waals surface area (Å²) in [7, 11) is 3.33. The number of aromatic nitrogens is 2. The summed E-state index contributed by atoms with van der Waals surface area (Å²) < 4.78 is 6.41. The molecule has 1 aromatic heterocycles. The van der Waals surface area contributed by atoms with Gasteiger partial charge in [0.15, 0.2) is 0 Å². The molecule has 5 heteroatoms. The second kappa shape index (κ2) is 6.27. The topological polar surface area (TPSA) is 56.1 Å². The van der Waals surface area contributed by atoms with E-state index in [1.165, 1.54) is 7.11 Å². The molecular weight excluding hydrogens is 206 g/mol. The van der Waals surface area contributed by atoms with Crippen LogP contribution in [0.4, 0.5) is 0 Å². The summed E-state index contributed by atoms with van der Waals surface area (Å²) in [5.74, 6) is -0.157. The third kappa shape index (κ3) is 3.66. The highest BCUT2D eigenvalue weighted by molar-refractivity contribution is 5.69. The average molecular weight is 225 g/mol. The van der Waals surface area contributed by atoms with Crippen LogP contribution >= 0.6 is 0 Å². The van der Waals surface area contributed by atoms with Crippen LogP contribution < -0.4 is 5.32 Å². The number of carbonyl (C=O) groups excluding carboxylic acids is 1. The van der Waals surface area contributed by atoms with E-state index in [0.29, 0.717) is 6.42 Å². The largest absolute Gasteiger partial charge is 0.469 e. The third-order valence-corrected chi connectivity index (χ3v) is 2.54. The van der Waals surface area contributed by atoms with E-state index >= 15 is 0 Å². The van der Waals surface area contributed by atoms with Gasteiger partial charge in [-0.25, -0.2) is 0 Å². The number of esters is 1. The summed E-state index contributed by atoms with van der Waals surface area (Å²) in [5, 5.41) is 7.45. The Morgan fingerprint density at radius 1 is 1.69 bits per heavy atom. The molecule has 0 aliphatic carbocycles. The van der Waals surface area contributed by atoms with Crippen LogP contribution in [0.3, 0.4) is 0 Å². The van der Waals surface area contributed by atoms with E-state index in [0.717, 1.165) is 18.7 Å². The highest BCUT2D eigenvalue weighted by Crippen LogP contribution is 2.09. The van der Waals surface area contributed by atoms with Crippen molar-refractivity contribution in [2.45, 2.75) is 25.8 Å². The Kier molecular flexibility index (Phi) is 4.98. The maximum absolute atomic E-state index is 10.9. The first-order chi connectivity index (χ1) is 7.65. The zero-order chi connectivity index (χ0) is 12.0. The molecule has 0 radical (unpaired) electrons. The predicted molar refractivity (Wildman–Crippen MR) is 60.9 cm³/mol. The highest BCUT2D eigenvalue weighted by Gasteiger charge is 2.08. The van der Waals surface area contributed by atoms with Crippen molar-refractivity contribution in [2.24, 2.45) is 7.05 Å². The van der Waals surface area contributed by atoms with Crippen LogP contribution in [0.25, 0.3) is 0 Å². The molecule has 5 nitrogen and oxygen atoms in total. The minimum Gasteiger partial charge on any atom is -0.469 e. The number of carbonyl (C=O) groups is 1. The molecule has 1 heterocycles. The molecule has 1 rings (SSSR count). The number of ether oxygens (including phenoxy) is 1. The number of rotatable bonds is 6. The van der Waals surface area contributed by atoms with Crippen molar-refractivity contribution < 1.29 is 9.53 Å². The molecule has 16 heavy (non-hydrogen) atoms. The van der Waals surface area contributed by atoms with Gasteiger partial charge in [0.2, 0.25) is 0 Å². The van der Waals surface area contributed by atoms with Gasteiger partial charge in [0.25, 0.3) is 0 Å². The van der Waals surface area contributed by atoms with Gasteiger partial charge in [-0.15, -0.1) is 0 Å². The Balaban J connectivity index is 2.23. The van der Waals surface area contributed by atoms with Crippen LogP contribution in [0.1, 0.15) is 31.5 Å². The van der Waals surface area contributed by atoms with Crippen molar-refractivity contribution in [3.63, 3.8) is 0 Å². The van der Waals surface area contributed by atoms with E-state index in [9.17, 15) is 4.79 Å². The lowest BCUT2D eigenvalue weighted by atomic mass is 10.2. The van der Waals surface area contributed by atoms with Crippen molar-refractivity contribution >= 4 is 5.97 Å². The summed E-state index contributed by atoms with van der Waals surface area (Å²) in [6.45, 7) is 2.87. The molecule has 0 amide bonds. The second-order valence-corrected chi connectivity index (χ2v) is 3.74. The van der Waals surface area contributed by atoms with Gasteiger partial charge in [-0.3, -0.25) is 9.48 Å². The van der Waals surface area contributed by atoms with Gasteiger partial charge >= 0.3 is 5.97 Å². The molecule has 0 fully saturated rings. The SMILES string of the molecule is COC(=O)CCCNC(C)c1ccnn1C. The summed E-state index contributed by atoms with van der Waals surface area (Å²) >= 11 is 0. The van der Waals surface area contributed by atoms with Crippen molar-refractivity contribution in [2.75, 3.05) is 13.7 Å². The van der Waals surface area contributed by atoms with Gasteiger partial charge in [-0.1, -0.05) is 0 Å². The number of methoxy groups -OCH3 is 1. The minimum atomic E-state index is -0.157. The molecule has 0 saturated carbocycles. The lowest BCUT2D eigenvalue weighted by molar-refractivity contribution is -0.140. The Morgan fingerprint density at radius 3 is 3.00 bits per heavy atom. The Bertz CT molecular complexity index is 336. The number of nitrogens with zero attached hydrogens (tertiary/aromatic N) is 2. The van der Waals surface area contributed by atoms with Crippen LogP contribution in [-0.4, -0.2) is 29.4 Å².